The lowest BCUT2D eigenvalue weighted by atomic mass is 10.3. The lowest BCUT2D eigenvalue weighted by Gasteiger charge is -2.28. The number of nitrogen functional groups attached to an aromatic ring is 1. The van der Waals surface area contributed by atoms with Crippen LogP contribution in [0.1, 0.15) is 6.92 Å². The van der Waals surface area contributed by atoms with E-state index in [1.54, 1.807) is 31.0 Å². The summed E-state index contributed by atoms with van der Waals surface area (Å²) in [5.74, 6) is 0. The van der Waals surface area contributed by atoms with Gasteiger partial charge in [0.2, 0.25) is 0 Å². The highest BCUT2D eigenvalue weighted by atomic mass is 16.5. The average molecular weight is 283 g/mol. The lowest BCUT2D eigenvalue weighted by molar-refractivity contribution is 0.0727. The molecule has 0 aromatic carbocycles. The maximum atomic E-state index is 11.7. The Kier molecular flexibility index (Phi) is 7.28. The Balaban J connectivity index is 2.64. The smallest absolute Gasteiger partial charge is 0.250 e. The molecule has 2 N–H and O–H groups in total. The molecule has 0 aliphatic rings. The Labute approximate surface area is 120 Å². The summed E-state index contributed by atoms with van der Waals surface area (Å²) in [6.07, 6.45) is 1.68. The van der Waals surface area contributed by atoms with E-state index in [4.69, 9.17) is 15.2 Å². The SMILES string of the molecule is COCCN(CCn1cc(N)ccc1=O)C(C)COC. The van der Waals surface area contributed by atoms with E-state index in [0.717, 1.165) is 13.1 Å². The van der Waals surface area contributed by atoms with Gasteiger partial charge >= 0.3 is 0 Å². The molecule has 0 fully saturated rings. The Morgan fingerprint density at radius 3 is 2.70 bits per heavy atom. The van der Waals surface area contributed by atoms with Gasteiger partial charge in [-0.15, -0.1) is 0 Å². The Bertz CT molecular complexity index is 448. The summed E-state index contributed by atoms with van der Waals surface area (Å²) in [5, 5.41) is 0. The van der Waals surface area contributed by atoms with Crippen molar-refractivity contribution in [2.24, 2.45) is 0 Å². The van der Waals surface area contributed by atoms with E-state index < -0.39 is 0 Å². The van der Waals surface area contributed by atoms with E-state index in [0.29, 0.717) is 25.4 Å². The van der Waals surface area contributed by atoms with Gasteiger partial charge in [0.15, 0.2) is 0 Å². The van der Waals surface area contributed by atoms with Crippen LogP contribution in [0.5, 0.6) is 0 Å². The van der Waals surface area contributed by atoms with Gasteiger partial charge in [0.1, 0.15) is 0 Å². The maximum Gasteiger partial charge on any atom is 0.250 e. The van der Waals surface area contributed by atoms with Crippen LogP contribution in [-0.4, -0.2) is 56.0 Å². The van der Waals surface area contributed by atoms with Crippen molar-refractivity contribution in [3.05, 3.63) is 28.7 Å². The molecule has 6 heteroatoms. The Morgan fingerprint density at radius 1 is 1.30 bits per heavy atom. The minimum absolute atomic E-state index is 0.0368. The minimum atomic E-state index is -0.0368. The van der Waals surface area contributed by atoms with Gasteiger partial charge < -0.3 is 19.8 Å². The second-order valence-corrected chi connectivity index (χ2v) is 4.83. The van der Waals surface area contributed by atoms with Crippen molar-refractivity contribution in [1.29, 1.82) is 0 Å². The Morgan fingerprint density at radius 2 is 2.05 bits per heavy atom. The maximum absolute atomic E-state index is 11.7. The molecular formula is C14H25N3O3. The van der Waals surface area contributed by atoms with Crippen molar-refractivity contribution in [3.63, 3.8) is 0 Å². The Hall–Kier alpha value is -1.37. The molecule has 1 unspecified atom stereocenters. The van der Waals surface area contributed by atoms with Crippen LogP contribution >= 0.6 is 0 Å². The standard InChI is InChI=1S/C14H25N3O3/c1-12(11-20-3)16(8-9-19-2)6-7-17-10-13(15)4-5-14(17)18/h4-5,10,12H,6-9,11,15H2,1-3H3. The molecule has 1 atom stereocenters. The number of hydrogen-bond acceptors (Lipinski definition) is 5. The number of pyridine rings is 1. The number of ether oxygens (including phenoxy) is 2. The van der Waals surface area contributed by atoms with Gasteiger partial charge in [-0.2, -0.15) is 0 Å². The van der Waals surface area contributed by atoms with Gasteiger partial charge in [-0.1, -0.05) is 0 Å². The normalized spacial score (nSPS) is 12.8. The quantitative estimate of drug-likeness (QED) is 0.711. The summed E-state index contributed by atoms with van der Waals surface area (Å²) in [6, 6.07) is 3.38. The number of hydrogen-bond donors (Lipinski definition) is 1. The van der Waals surface area contributed by atoms with Gasteiger partial charge in [0.25, 0.3) is 5.56 Å². The zero-order valence-corrected chi connectivity index (χ0v) is 12.5. The predicted molar refractivity (Wildman–Crippen MR) is 79.9 cm³/mol. The highest BCUT2D eigenvalue weighted by Gasteiger charge is 2.13. The van der Waals surface area contributed by atoms with Gasteiger partial charge in [-0.05, 0) is 13.0 Å². The van der Waals surface area contributed by atoms with Crippen molar-refractivity contribution >= 4 is 5.69 Å². The van der Waals surface area contributed by atoms with Gasteiger partial charge in [0.05, 0.1) is 13.2 Å². The third-order valence-electron chi connectivity index (χ3n) is 3.25. The molecule has 0 radical (unpaired) electrons. The van der Waals surface area contributed by atoms with Crippen molar-refractivity contribution < 1.29 is 9.47 Å². The second-order valence-electron chi connectivity index (χ2n) is 4.83. The number of rotatable bonds is 9. The molecule has 0 saturated heterocycles. The topological polar surface area (TPSA) is 69.7 Å². The lowest BCUT2D eigenvalue weighted by Crippen LogP contribution is -2.41. The van der Waals surface area contributed by atoms with Crippen molar-refractivity contribution in [2.45, 2.75) is 19.5 Å². The molecule has 1 aromatic heterocycles. The summed E-state index contributed by atoms with van der Waals surface area (Å²) in [6.45, 7) is 5.55. The molecule has 1 rings (SSSR count). The first-order valence-electron chi connectivity index (χ1n) is 6.76. The molecule has 0 aliphatic heterocycles. The van der Waals surface area contributed by atoms with E-state index in [2.05, 4.69) is 11.8 Å². The minimum Gasteiger partial charge on any atom is -0.398 e. The first kappa shape index (κ1) is 16.7. The second kappa shape index (κ2) is 8.73. The first-order valence-corrected chi connectivity index (χ1v) is 6.76. The number of aromatic nitrogens is 1. The summed E-state index contributed by atoms with van der Waals surface area (Å²) in [4.78, 5) is 14.0. The van der Waals surface area contributed by atoms with Crippen LogP contribution in [0.3, 0.4) is 0 Å². The van der Waals surface area contributed by atoms with Gasteiger partial charge in [0, 0.05) is 57.8 Å². The largest absolute Gasteiger partial charge is 0.398 e. The highest BCUT2D eigenvalue weighted by Crippen LogP contribution is 2.02. The van der Waals surface area contributed by atoms with E-state index in [-0.39, 0.29) is 11.6 Å². The van der Waals surface area contributed by atoms with Crippen molar-refractivity contribution in [3.8, 4) is 0 Å². The van der Waals surface area contributed by atoms with E-state index in [9.17, 15) is 4.79 Å². The van der Waals surface area contributed by atoms with Crippen molar-refractivity contribution in [2.75, 3.05) is 46.3 Å². The van der Waals surface area contributed by atoms with Gasteiger partial charge in [-0.25, -0.2) is 0 Å². The molecule has 20 heavy (non-hydrogen) atoms. The number of nitrogens with two attached hydrogens (primary N) is 1. The molecule has 114 valence electrons. The van der Waals surface area contributed by atoms with Crippen LogP contribution in [0.25, 0.3) is 0 Å². The third kappa shape index (κ3) is 5.32. The van der Waals surface area contributed by atoms with Gasteiger partial charge in [-0.3, -0.25) is 9.69 Å². The number of nitrogens with zero attached hydrogens (tertiary/aromatic N) is 2. The first-order chi connectivity index (χ1) is 9.58. The number of anilines is 1. The fourth-order valence-corrected chi connectivity index (χ4v) is 2.07. The van der Waals surface area contributed by atoms with Crippen LogP contribution in [-0.2, 0) is 16.0 Å². The molecule has 0 amide bonds. The molecule has 0 saturated carbocycles. The van der Waals surface area contributed by atoms with E-state index in [1.807, 2.05) is 0 Å². The van der Waals surface area contributed by atoms with Crippen LogP contribution < -0.4 is 11.3 Å². The molecular weight excluding hydrogens is 258 g/mol. The molecule has 1 aromatic rings. The predicted octanol–water partition coefficient (Wildman–Crippen LogP) is 0.414. The summed E-state index contributed by atoms with van der Waals surface area (Å²) in [7, 11) is 3.37. The van der Waals surface area contributed by atoms with Crippen LogP contribution in [0.15, 0.2) is 23.1 Å². The van der Waals surface area contributed by atoms with E-state index in [1.165, 1.54) is 6.07 Å². The summed E-state index contributed by atoms with van der Waals surface area (Å²) < 4.78 is 11.9. The number of methoxy groups -OCH3 is 2. The third-order valence-corrected chi connectivity index (χ3v) is 3.25. The average Bonchev–Trinajstić information content (AvgIpc) is 2.42. The fraction of sp³-hybridized carbons (Fsp3) is 0.643. The highest BCUT2D eigenvalue weighted by molar-refractivity contribution is 5.33. The molecule has 0 spiro atoms. The molecule has 6 nitrogen and oxygen atoms in total. The molecule has 0 bridgehead atoms. The zero-order chi connectivity index (χ0) is 15.0. The van der Waals surface area contributed by atoms with Crippen LogP contribution in [0, 0.1) is 0 Å². The van der Waals surface area contributed by atoms with Crippen molar-refractivity contribution in [1.82, 2.24) is 9.47 Å². The van der Waals surface area contributed by atoms with Crippen LogP contribution in [0.4, 0.5) is 5.69 Å². The molecule has 1 heterocycles. The molecule has 0 aliphatic carbocycles. The summed E-state index contributed by atoms with van der Waals surface area (Å²) in [5.41, 5.74) is 6.27. The van der Waals surface area contributed by atoms with Crippen LogP contribution in [0.2, 0.25) is 0 Å². The monoisotopic (exact) mass is 283 g/mol. The van der Waals surface area contributed by atoms with E-state index >= 15 is 0 Å². The zero-order valence-electron chi connectivity index (χ0n) is 12.5. The fourth-order valence-electron chi connectivity index (χ4n) is 2.07. The summed E-state index contributed by atoms with van der Waals surface area (Å²) >= 11 is 0.